The normalized spacial score (nSPS) is 16.4. The van der Waals surface area contributed by atoms with Gasteiger partial charge in [-0.25, -0.2) is 8.78 Å². The van der Waals surface area contributed by atoms with Crippen LogP contribution in [0.1, 0.15) is 18.4 Å². The molecule has 1 atom stereocenters. The zero-order chi connectivity index (χ0) is 21.4. The van der Waals surface area contributed by atoms with Gasteiger partial charge in [-0.2, -0.15) is 19.5 Å². The zero-order valence-corrected chi connectivity index (χ0v) is 17.7. The molecule has 0 spiro atoms. The fourth-order valence-corrected chi connectivity index (χ4v) is 3.82. The number of halogens is 3. The summed E-state index contributed by atoms with van der Waals surface area (Å²) < 4.78 is 34.7. The van der Waals surface area contributed by atoms with Crippen molar-refractivity contribution in [3.8, 4) is 11.6 Å². The van der Waals surface area contributed by atoms with E-state index in [1.165, 1.54) is 29.0 Å². The zero-order valence-electron chi connectivity index (χ0n) is 16.9. The van der Waals surface area contributed by atoms with Crippen LogP contribution in [0, 0.1) is 11.6 Å². The molecule has 32 heavy (non-hydrogen) atoms. The lowest BCUT2D eigenvalue weighted by molar-refractivity contribution is 0.246. The maximum absolute atomic E-state index is 14.0. The molecule has 4 aromatic rings. The molecule has 3 aromatic heterocycles. The number of benzene rings is 1. The second-order valence-electron chi connectivity index (χ2n) is 7.38. The standard InChI is InChI=1S/C20H20F2N8O.ClH/c21-14-5-1-6-15(22)13(14)11-29-8-2-4-12(29)10-24-19-26-18(23)30-20(27-19)25-17(28-30)16-7-3-9-31-16;/h1,3,5-7,9,12H,2,4,8,10-11H2,(H3,23,24,25,26,27,28);1H/t12-;/m1./s1. The first kappa shape index (κ1) is 21.9. The summed E-state index contributed by atoms with van der Waals surface area (Å²) in [5.41, 5.74) is 6.10. The molecule has 1 aromatic carbocycles. The number of rotatable bonds is 6. The van der Waals surface area contributed by atoms with Crippen LogP contribution in [0.3, 0.4) is 0 Å². The molecule has 12 heteroatoms. The van der Waals surface area contributed by atoms with Crippen LogP contribution in [0.15, 0.2) is 41.0 Å². The van der Waals surface area contributed by atoms with Crippen molar-refractivity contribution in [3.05, 3.63) is 53.8 Å². The number of hydrogen-bond acceptors (Lipinski definition) is 8. The van der Waals surface area contributed by atoms with E-state index in [1.54, 1.807) is 12.1 Å². The van der Waals surface area contributed by atoms with Gasteiger partial charge in [0.05, 0.1) is 6.26 Å². The molecule has 1 saturated heterocycles. The number of aromatic nitrogens is 5. The van der Waals surface area contributed by atoms with Crippen LogP contribution in [0.2, 0.25) is 0 Å². The van der Waals surface area contributed by atoms with Crippen molar-refractivity contribution >= 4 is 30.1 Å². The summed E-state index contributed by atoms with van der Waals surface area (Å²) in [5.74, 6) is 0.539. The van der Waals surface area contributed by atoms with Crippen LogP contribution < -0.4 is 11.1 Å². The monoisotopic (exact) mass is 462 g/mol. The first-order valence-electron chi connectivity index (χ1n) is 9.93. The summed E-state index contributed by atoms with van der Waals surface area (Å²) in [6.07, 6.45) is 3.37. The van der Waals surface area contributed by atoms with Gasteiger partial charge < -0.3 is 15.5 Å². The highest BCUT2D eigenvalue weighted by molar-refractivity contribution is 5.85. The van der Waals surface area contributed by atoms with Crippen LogP contribution in [0.25, 0.3) is 17.4 Å². The minimum absolute atomic E-state index is 0. The average Bonchev–Trinajstić information content (AvgIpc) is 3.49. The molecule has 1 aliphatic rings. The lowest BCUT2D eigenvalue weighted by atomic mass is 10.1. The minimum Gasteiger partial charge on any atom is -0.461 e. The molecule has 0 aliphatic carbocycles. The van der Waals surface area contributed by atoms with Crippen molar-refractivity contribution in [1.82, 2.24) is 29.5 Å². The van der Waals surface area contributed by atoms with E-state index in [9.17, 15) is 8.78 Å². The topological polar surface area (TPSA) is 110 Å². The van der Waals surface area contributed by atoms with Crippen LogP contribution >= 0.6 is 12.4 Å². The molecule has 0 saturated carbocycles. The number of fused-ring (bicyclic) bond motifs is 1. The number of likely N-dealkylation sites (tertiary alicyclic amines) is 1. The first-order chi connectivity index (χ1) is 15.1. The lowest BCUT2D eigenvalue weighted by Gasteiger charge is -2.25. The Labute approximate surface area is 188 Å². The van der Waals surface area contributed by atoms with E-state index < -0.39 is 11.6 Å². The highest BCUT2D eigenvalue weighted by Gasteiger charge is 2.26. The second-order valence-corrected chi connectivity index (χ2v) is 7.38. The van der Waals surface area contributed by atoms with E-state index in [0.29, 0.717) is 24.1 Å². The van der Waals surface area contributed by atoms with Crippen molar-refractivity contribution in [3.63, 3.8) is 0 Å². The van der Waals surface area contributed by atoms with Gasteiger partial charge in [-0.1, -0.05) is 6.07 Å². The minimum atomic E-state index is -0.528. The molecule has 0 amide bonds. The number of anilines is 2. The molecule has 9 nitrogen and oxygen atoms in total. The molecular formula is C20H21ClF2N8O. The largest absolute Gasteiger partial charge is 0.461 e. The first-order valence-corrected chi connectivity index (χ1v) is 9.93. The highest BCUT2D eigenvalue weighted by Crippen LogP contribution is 2.23. The summed E-state index contributed by atoms with van der Waals surface area (Å²) in [6, 6.07) is 7.49. The SMILES string of the molecule is Cl.Nc1nc(NC[C@H]2CCCN2Cc2c(F)cccc2F)nc2nc(-c3ccco3)nn12. The predicted molar refractivity (Wildman–Crippen MR) is 116 cm³/mol. The van der Waals surface area contributed by atoms with E-state index in [4.69, 9.17) is 10.2 Å². The van der Waals surface area contributed by atoms with Gasteiger partial charge in [0.1, 0.15) is 11.6 Å². The maximum Gasteiger partial charge on any atom is 0.259 e. The van der Waals surface area contributed by atoms with Crippen molar-refractivity contribution in [2.24, 2.45) is 0 Å². The molecular weight excluding hydrogens is 442 g/mol. The fraction of sp³-hybridized carbons (Fsp3) is 0.300. The molecule has 0 bridgehead atoms. The Kier molecular flexibility index (Phi) is 6.19. The Morgan fingerprint density at radius 3 is 2.69 bits per heavy atom. The molecule has 1 aliphatic heterocycles. The van der Waals surface area contributed by atoms with Crippen molar-refractivity contribution < 1.29 is 13.2 Å². The molecule has 4 heterocycles. The Balaban J connectivity index is 0.00000245. The Hall–Kier alpha value is -3.31. The predicted octanol–water partition coefficient (Wildman–Crippen LogP) is 3.14. The van der Waals surface area contributed by atoms with E-state index >= 15 is 0 Å². The van der Waals surface area contributed by atoms with E-state index in [1.807, 2.05) is 0 Å². The number of nitrogens with zero attached hydrogens (tertiary/aromatic N) is 6. The van der Waals surface area contributed by atoms with Gasteiger partial charge in [-0.15, -0.1) is 17.5 Å². The third-order valence-electron chi connectivity index (χ3n) is 5.39. The van der Waals surface area contributed by atoms with Crippen LogP contribution in [-0.2, 0) is 6.54 Å². The van der Waals surface area contributed by atoms with Gasteiger partial charge in [-0.3, -0.25) is 4.90 Å². The van der Waals surface area contributed by atoms with Gasteiger partial charge in [0.15, 0.2) is 5.76 Å². The molecule has 168 valence electrons. The van der Waals surface area contributed by atoms with Crippen molar-refractivity contribution in [2.45, 2.75) is 25.4 Å². The van der Waals surface area contributed by atoms with Crippen molar-refractivity contribution in [2.75, 3.05) is 24.1 Å². The highest BCUT2D eigenvalue weighted by atomic mass is 35.5. The number of nitrogens with one attached hydrogen (secondary N) is 1. The van der Waals surface area contributed by atoms with E-state index in [-0.39, 0.29) is 42.3 Å². The number of furan rings is 1. The molecule has 0 radical (unpaired) electrons. The van der Waals surface area contributed by atoms with E-state index in [0.717, 1.165) is 19.4 Å². The summed E-state index contributed by atoms with van der Waals surface area (Å²) in [7, 11) is 0. The van der Waals surface area contributed by atoms with Gasteiger partial charge in [-0.05, 0) is 43.7 Å². The number of nitrogens with two attached hydrogens (primary N) is 1. The Morgan fingerprint density at radius 2 is 1.94 bits per heavy atom. The van der Waals surface area contributed by atoms with E-state index in [2.05, 4.69) is 30.3 Å². The lowest BCUT2D eigenvalue weighted by Crippen LogP contribution is -2.35. The van der Waals surface area contributed by atoms with Gasteiger partial charge in [0, 0.05) is 24.7 Å². The maximum atomic E-state index is 14.0. The van der Waals surface area contributed by atoms with Crippen LogP contribution in [0.4, 0.5) is 20.7 Å². The summed E-state index contributed by atoms with van der Waals surface area (Å²) in [4.78, 5) is 15.0. The molecule has 0 unspecified atom stereocenters. The number of hydrogen-bond donors (Lipinski definition) is 2. The van der Waals surface area contributed by atoms with Crippen molar-refractivity contribution in [1.29, 1.82) is 0 Å². The van der Waals surface area contributed by atoms with Gasteiger partial charge in [0.2, 0.25) is 17.7 Å². The van der Waals surface area contributed by atoms with Gasteiger partial charge >= 0.3 is 0 Å². The third kappa shape index (κ3) is 4.21. The molecule has 5 rings (SSSR count). The third-order valence-corrected chi connectivity index (χ3v) is 5.39. The number of nitrogen functional groups attached to an aromatic ring is 1. The summed E-state index contributed by atoms with van der Waals surface area (Å²) in [6.45, 7) is 1.48. The Morgan fingerprint density at radius 1 is 1.12 bits per heavy atom. The summed E-state index contributed by atoms with van der Waals surface area (Å²) in [5, 5.41) is 7.44. The van der Waals surface area contributed by atoms with Crippen LogP contribution in [-0.4, -0.2) is 48.6 Å². The average molecular weight is 463 g/mol. The molecule has 3 N–H and O–H groups in total. The fourth-order valence-electron chi connectivity index (χ4n) is 3.82. The van der Waals surface area contributed by atoms with Gasteiger partial charge in [0.25, 0.3) is 5.78 Å². The Bertz CT molecular complexity index is 1200. The smallest absolute Gasteiger partial charge is 0.259 e. The van der Waals surface area contributed by atoms with Crippen LogP contribution in [0.5, 0.6) is 0 Å². The summed E-state index contributed by atoms with van der Waals surface area (Å²) >= 11 is 0. The second kappa shape index (κ2) is 9.05. The molecule has 1 fully saturated rings. The quantitative estimate of drug-likeness (QED) is 0.449.